The van der Waals surface area contributed by atoms with E-state index in [1.54, 1.807) is 0 Å². The summed E-state index contributed by atoms with van der Waals surface area (Å²) in [6, 6.07) is 4.94. The van der Waals surface area contributed by atoms with E-state index in [1.807, 2.05) is 0 Å². The number of alkyl halides is 2. The van der Waals surface area contributed by atoms with Crippen molar-refractivity contribution in [2.45, 2.75) is 23.5 Å². The van der Waals surface area contributed by atoms with E-state index in [0.29, 0.717) is 18.9 Å². The molecule has 1 rings (SSSR count). The van der Waals surface area contributed by atoms with Crippen molar-refractivity contribution in [2.75, 3.05) is 13.2 Å². The molecule has 18 heavy (non-hydrogen) atoms. The number of halogens is 2. The Balaban J connectivity index is 2.63. The lowest BCUT2D eigenvalue weighted by atomic mass is 10.3. The van der Waals surface area contributed by atoms with Gasteiger partial charge in [-0.15, -0.1) is 0 Å². The predicted molar refractivity (Wildman–Crippen MR) is 63.4 cm³/mol. The summed E-state index contributed by atoms with van der Waals surface area (Å²) in [6.07, 6.45) is 1.62. The van der Waals surface area contributed by atoms with Crippen LogP contribution in [0.4, 0.5) is 8.78 Å². The van der Waals surface area contributed by atoms with E-state index in [0.717, 1.165) is 25.0 Å². The van der Waals surface area contributed by atoms with Crippen molar-refractivity contribution in [2.24, 2.45) is 5.73 Å². The molecule has 0 aromatic heterocycles. The molecular weight excluding hydrogens is 264 g/mol. The van der Waals surface area contributed by atoms with Gasteiger partial charge in [0.1, 0.15) is 5.75 Å². The van der Waals surface area contributed by atoms with Gasteiger partial charge in [-0.2, -0.15) is 8.78 Å². The van der Waals surface area contributed by atoms with Crippen LogP contribution in [0.15, 0.2) is 29.2 Å². The van der Waals surface area contributed by atoms with Crippen molar-refractivity contribution in [3.63, 3.8) is 0 Å². The van der Waals surface area contributed by atoms with Crippen LogP contribution >= 0.6 is 0 Å². The van der Waals surface area contributed by atoms with Gasteiger partial charge < -0.3 is 10.5 Å². The zero-order chi connectivity index (χ0) is 13.6. The average molecular weight is 279 g/mol. The second-order valence-electron chi connectivity index (χ2n) is 3.62. The second kappa shape index (κ2) is 6.65. The van der Waals surface area contributed by atoms with Gasteiger partial charge in [-0.1, -0.05) is 0 Å². The van der Waals surface area contributed by atoms with E-state index in [-0.39, 0.29) is 0 Å². The maximum absolute atomic E-state index is 12.3. The van der Waals surface area contributed by atoms with Crippen molar-refractivity contribution in [1.29, 1.82) is 0 Å². The molecule has 0 unspecified atom stereocenters. The number of hydrogen-bond donors (Lipinski definition) is 1. The Morgan fingerprint density at radius 2 is 1.78 bits per heavy atom. The van der Waals surface area contributed by atoms with Crippen molar-refractivity contribution in [3.8, 4) is 5.75 Å². The number of ether oxygens (including phenoxy) is 1. The van der Waals surface area contributed by atoms with Gasteiger partial charge >= 0.3 is 5.76 Å². The van der Waals surface area contributed by atoms with Gasteiger partial charge in [0.25, 0.3) is 0 Å². The zero-order valence-electron chi connectivity index (χ0n) is 9.68. The fourth-order valence-electron chi connectivity index (χ4n) is 1.26. The summed E-state index contributed by atoms with van der Waals surface area (Å²) >= 11 is 0. The fraction of sp³-hybridized carbons (Fsp3) is 0.455. The first-order valence-electron chi connectivity index (χ1n) is 5.43. The maximum atomic E-state index is 12.3. The molecule has 0 aliphatic rings. The second-order valence-corrected chi connectivity index (χ2v) is 5.54. The van der Waals surface area contributed by atoms with Gasteiger partial charge in [0.2, 0.25) is 9.84 Å². The molecule has 1 aromatic rings. The van der Waals surface area contributed by atoms with Crippen LogP contribution in [0.25, 0.3) is 0 Å². The molecule has 102 valence electrons. The Morgan fingerprint density at radius 3 is 2.28 bits per heavy atom. The van der Waals surface area contributed by atoms with E-state index >= 15 is 0 Å². The van der Waals surface area contributed by atoms with E-state index < -0.39 is 20.5 Å². The molecule has 2 N–H and O–H groups in total. The lowest BCUT2D eigenvalue weighted by molar-refractivity contribution is 0.234. The third kappa shape index (κ3) is 3.92. The molecule has 0 heterocycles. The summed E-state index contributed by atoms with van der Waals surface area (Å²) in [5.41, 5.74) is 5.31. The Morgan fingerprint density at radius 1 is 1.17 bits per heavy atom. The quantitative estimate of drug-likeness (QED) is 0.773. The summed E-state index contributed by atoms with van der Waals surface area (Å²) in [4.78, 5) is -0.410. The van der Waals surface area contributed by atoms with Crippen LogP contribution in [0.5, 0.6) is 5.75 Å². The first-order chi connectivity index (χ1) is 8.48. The molecule has 4 nitrogen and oxygen atoms in total. The first kappa shape index (κ1) is 14.8. The van der Waals surface area contributed by atoms with Crippen LogP contribution in [0, 0.1) is 0 Å². The number of rotatable bonds is 7. The molecule has 0 atom stereocenters. The Kier molecular flexibility index (Phi) is 5.49. The predicted octanol–water partition coefficient (Wildman–Crippen LogP) is 1.80. The molecule has 0 radical (unpaired) electrons. The third-order valence-electron chi connectivity index (χ3n) is 2.25. The van der Waals surface area contributed by atoms with Crippen LogP contribution in [0.1, 0.15) is 12.8 Å². The maximum Gasteiger partial charge on any atom is 0.341 e. The Labute approximate surface area is 105 Å². The molecule has 0 aliphatic heterocycles. The highest BCUT2D eigenvalue weighted by molar-refractivity contribution is 7.91. The first-order valence-corrected chi connectivity index (χ1v) is 6.98. The average Bonchev–Trinajstić information content (AvgIpc) is 2.35. The molecule has 0 aliphatic carbocycles. The van der Waals surface area contributed by atoms with Gasteiger partial charge in [-0.25, -0.2) is 8.42 Å². The topological polar surface area (TPSA) is 69.4 Å². The number of hydrogen-bond acceptors (Lipinski definition) is 4. The lowest BCUT2D eigenvalue weighted by Gasteiger charge is -2.07. The SMILES string of the molecule is NCCCCOc1ccc(S(=O)(=O)C(F)F)cc1. The number of benzene rings is 1. The highest BCUT2D eigenvalue weighted by Gasteiger charge is 2.26. The summed E-state index contributed by atoms with van der Waals surface area (Å²) in [7, 11) is -4.53. The van der Waals surface area contributed by atoms with Gasteiger partial charge in [-0.05, 0) is 43.7 Å². The normalized spacial score (nSPS) is 11.8. The highest BCUT2D eigenvalue weighted by atomic mass is 32.2. The largest absolute Gasteiger partial charge is 0.494 e. The van der Waals surface area contributed by atoms with Gasteiger partial charge in [0.05, 0.1) is 11.5 Å². The monoisotopic (exact) mass is 279 g/mol. The van der Waals surface area contributed by atoms with Crippen LogP contribution < -0.4 is 10.5 Å². The summed E-state index contributed by atoms with van der Waals surface area (Å²) in [5, 5.41) is 0. The molecule has 7 heteroatoms. The fourth-order valence-corrected chi connectivity index (χ4v) is 1.99. The molecule has 0 fully saturated rings. The lowest BCUT2D eigenvalue weighted by Crippen LogP contribution is -2.11. The molecule has 0 saturated carbocycles. The molecule has 0 spiro atoms. The standard InChI is InChI=1S/C11H15F2NO3S/c12-11(13)18(15,16)10-5-3-9(4-6-10)17-8-2-1-7-14/h3-6,11H,1-2,7-8,14H2. The van der Waals surface area contributed by atoms with Crippen LogP contribution in [0.3, 0.4) is 0 Å². The number of nitrogens with two attached hydrogens (primary N) is 1. The zero-order valence-corrected chi connectivity index (χ0v) is 10.5. The molecule has 0 bridgehead atoms. The summed E-state index contributed by atoms with van der Waals surface area (Å²) in [5.74, 6) is -2.96. The van der Waals surface area contributed by atoms with Gasteiger partial charge in [0, 0.05) is 0 Å². The van der Waals surface area contributed by atoms with E-state index in [4.69, 9.17) is 10.5 Å². The number of unbranched alkanes of at least 4 members (excludes halogenated alkanes) is 1. The minimum Gasteiger partial charge on any atom is -0.494 e. The van der Waals surface area contributed by atoms with Crippen LogP contribution in [-0.2, 0) is 9.84 Å². The number of sulfone groups is 1. The molecule has 0 saturated heterocycles. The van der Waals surface area contributed by atoms with E-state index in [9.17, 15) is 17.2 Å². The molecule has 0 amide bonds. The smallest absolute Gasteiger partial charge is 0.341 e. The Hall–Kier alpha value is -1.21. The Bertz CT molecular complexity index is 460. The highest BCUT2D eigenvalue weighted by Crippen LogP contribution is 2.21. The molecule has 1 aromatic carbocycles. The van der Waals surface area contributed by atoms with E-state index in [2.05, 4.69) is 0 Å². The third-order valence-corrected chi connectivity index (χ3v) is 3.65. The van der Waals surface area contributed by atoms with Crippen molar-refractivity contribution in [1.82, 2.24) is 0 Å². The van der Waals surface area contributed by atoms with Crippen molar-refractivity contribution >= 4 is 9.84 Å². The van der Waals surface area contributed by atoms with E-state index in [1.165, 1.54) is 12.1 Å². The molecular formula is C11H15F2NO3S. The van der Waals surface area contributed by atoms with Gasteiger partial charge in [-0.3, -0.25) is 0 Å². The summed E-state index contributed by atoms with van der Waals surface area (Å²) < 4.78 is 52.1. The van der Waals surface area contributed by atoms with Crippen LogP contribution in [0.2, 0.25) is 0 Å². The van der Waals surface area contributed by atoms with Crippen molar-refractivity contribution in [3.05, 3.63) is 24.3 Å². The minimum absolute atomic E-state index is 0.410. The van der Waals surface area contributed by atoms with Crippen LogP contribution in [-0.4, -0.2) is 27.3 Å². The van der Waals surface area contributed by atoms with Crippen molar-refractivity contribution < 1.29 is 21.9 Å². The van der Waals surface area contributed by atoms with Gasteiger partial charge in [0.15, 0.2) is 0 Å². The minimum atomic E-state index is -4.53. The summed E-state index contributed by atoms with van der Waals surface area (Å²) in [6.45, 7) is 1.03.